The molecular weight excluding hydrogens is 655 g/mol. The fourth-order valence-corrected chi connectivity index (χ4v) is 8.30. The van der Waals surface area contributed by atoms with Crippen molar-refractivity contribution in [2.75, 3.05) is 0 Å². The Morgan fingerprint density at radius 1 is 0.426 bits per heavy atom. The number of nitrogens with zero attached hydrogens (tertiary/aromatic N) is 1. The highest BCUT2D eigenvalue weighted by molar-refractivity contribution is 6.23. The van der Waals surface area contributed by atoms with Gasteiger partial charge >= 0.3 is 0 Å². The van der Waals surface area contributed by atoms with Crippen LogP contribution >= 0.6 is 0 Å². The summed E-state index contributed by atoms with van der Waals surface area (Å²) in [5.41, 5.74) is 11.9. The molecule has 54 heavy (non-hydrogen) atoms. The van der Waals surface area contributed by atoms with Crippen LogP contribution in [0.25, 0.3) is 71.4 Å². The van der Waals surface area contributed by atoms with Crippen LogP contribution in [0.1, 0.15) is 28.9 Å². The zero-order valence-electron chi connectivity index (χ0n) is 29.7. The summed E-state index contributed by atoms with van der Waals surface area (Å²) >= 11 is 0. The van der Waals surface area contributed by atoms with Crippen molar-refractivity contribution in [2.24, 2.45) is 0 Å². The van der Waals surface area contributed by atoms with Gasteiger partial charge in [0.15, 0.2) is 0 Å². The van der Waals surface area contributed by atoms with Crippen molar-refractivity contribution in [3.63, 3.8) is 0 Å². The lowest BCUT2D eigenvalue weighted by molar-refractivity contribution is 0.443. The Morgan fingerprint density at radius 2 is 1.00 bits per heavy atom. The molecule has 2 atom stereocenters. The Morgan fingerprint density at radius 3 is 1.74 bits per heavy atom. The third kappa shape index (κ3) is 5.72. The Kier molecular flexibility index (Phi) is 8.05. The standard InChI is InChI=1S/C51H37N3/c1-2-15-35(16-3-1)47-32-48(37-19-10-18-36(30-37)40-22-13-29-52-33-40)54-51(53-47)39-21-11-20-38(31-39)49-43-24-6-8-26-45(43)50(46-27-9-7-25-44(46)49)42-28-12-17-34-14-4-5-23-41(34)42/h1-33,48,51,53-54H. The fraction of sp³-hybridized carbons (Fsp3) is 0.0392. The molecule has 3 heteroatoms. The van der Waals surface area contributed by atoms with E-state index in [0.717, 1.165) is 22.4 Å². The molecule has 0 spiro atoms. The van der Waals surface area contributed by atoms with E-state index in [0.29, 0.717) is 0 Å². The topological polar surface area (TPSA) is 37.0 Å². The molecule has 0 fully saturated rings. The van der Waals surface area contributed by atoms with Gasteiger partial charge in [-0.25, -0.2) is 0 Å². The van der Waals surface area contributed by atoms with Gasteiger partial charge in [-0.05, 0) is 107 Å². The van der Waals surface area contributed by atoms with Crippen LogP contribution in [-0.4, -0.2) is 4.98 Å². The molecule has 1 aliphatic rings. The molecule has 1 aromatic heterocycles. The summed E-state index contributed by atoms with van der Waals surface area (Å²) in [6.07, 6.45) is 5.92. The van der Waals surface area contributed by atoms with Gasteiger partial charge in [-0.15, -0.1) is 0 Å². The van der Waals surface area contributed by atoms with Gasteiger partial charge in [0, 0.05) is 18.1 Å². The molecule has 256 valence electrons. The molecule has 2 heterocycles. The average molecular weight is 692 g/mol. The van der Waals surface area contributed by atoms with Gasteiger partial charge in [0.2, 0.25) is 0 Å². The highest BCUT2D eigenvalue weighted by Gasteiger charge is 2.25. The molecule has 0 saturated carbocycles. The van der Waals surface area contributed by atoms with E-state index in [1.807, 2.05) is 18.5 Å². The SMILES string of the molecule is C1=C(c2ccccc2)NC(c2cccc(-c3c4ccccc4c(-c4cccc5ccccc45)c4ccccc34)c2)NC1c1cccc(-c2cccnc2)c1. The number of benzene rings is 8. The summed E-state index contributed by atoms with van der Waals surface area (Å²) in [5.74, 6) is 0. The van der Waals surface area contributed by atoms with Crippen molar-refractivity contribution >= 4 is 38.0 Å². The molecule has 0 amide bonds. The minimum absolute atomic E-state index is 0.0200. The largest absolute Gasteiger partial charge is 0.366 e. The quantitative estimate of drug-likeness (QED) is 0.170. The van der Waals surface area contributed by atoms with Gasteiger partial charge in [-0.3, -0.25) is 10.3 Å². The first-order valence-corrected chi connectivity index (χ1v) is 18.6. The van der Waals surface area contributed by atoms with Crippen molar-refractivity contribution in [2.45, 2.75) is 12.2 Å². The van der Waals surface area contributed by atoms with E-state index < -0.39 is 0 Å². The molecule has 2 N–H and O–H groups in total. The minimum atomic E-state index is -0.135. The zero-order valence-corrected chi connectivity index (χ0v) is 29.7. The van der Waals surface area contributed by atoms with E-state index in [-0.39, 0.29) is 12.2 Å². The fourth-order valence-electron chi connectivity index (χ4n) is 8.30. The summed E-state index contributed by atoms with van der Waals surface area (Å²) in [6, 6.07) is 65.8. The monoisotopic (exact) mass is 691 g/mol. The minimum Gasteiger partial charge on any atom is -0.366 e. The van der Waals surface area contributed by atoms with Gasteiger partial charge in [0.1, 0.15) is 6.17 Å². The van der Waals surface area contributed by atoms with Crippen molar-refractivity contribution in [1.82, 2.24) is 15.6 Å². The lowest BCUT2D eigenvalue weighted by atomic mass is 9.84. The number of pyridine rings is 1. The van der Waals surface area contributed by atoms with Crippen LogP contribution in [0.4, 0.5) is 0 Å². The van der Waals surface area contributed by atoms with E-state index in [1.165, 1.54) is 65.7 Å². The Labute approximate surface area is 315 Å². The molecule has 0 radical (unpaired) electrons. The second kappa shape index (κ2) is 13.6. The lowest BCUT2D eigenvalue weighted by Crippen LogP contribution is -2.39. The predicted octanol–water partition coefficient (Wildman–Crippen LogP) is 12.5. The molecule has 9 aromatic rings. The molecule has 3 nitrogen and oxygen atoms in total. The Hall–Kier alpha value is -6.81. The van der Waals surface area contributed by atoms with Crippen LogP contribution in [0.2, 0.25) is 0 Å². The molecule has 0 aliphatic carbocycles. The van der Waals surface area contributed by atoms with Crippen LogP contribution in [0.5, 0.6) is 0 Å². The summed E-state index contributed by atoms with van der Waals surface area (Å²) < 4.78 is 0. The molecule has 1 aliphatic heterocycles. The van der Waals surface area contributed by atoms with E-state index >= 15 is 0 Å². The molecule has 10 rings (SSSR count). The van der Waals surface area contributed by atoms with E-state index in [2.05, 4.69) is 198 Å². The second-order valence-electron chi connectivity index (χ2n) is 14.0. The van der Waals surface area contributed by atoms with Gasteiger partial charge in [-0.2, -0.15) is 0 Å². The van der Waals surface area contributed by atoms with E-state index in [4.69, 9.17) is 0 Å². The molecule has 0 bridgehead atoms. The summed E-state index contributed by atoms with van der Waals surface area (Å²) in [6.45, 7) is 0. The highest BCUT2D eigenvalue weighted by atomic mass is 15.2. The van der Waals surface area contributed by atoms with Crippen LogP contribution in [0.3, 0.4) is 0 Å². The van der Waals surface area contributed by atoms with Gasteiger partial charge in [-0.1, -0.05) is 164 Å². The number of hydrogen-bond donors (Lipinski definition) is 2. The summed E-state index contributed by atoms with van der Waals surface area (Å²) in [7, 11) is 0. The van der Waals surface area contributed by atoms with Crippen molar-refractivity contribution in [3.8, 4) is 33.4 Å². The average Bonchev–Trinajstić information content (AvgIpc) is 3.26. The number of nitrogens with one attached hydrogen (secondary N) is 2. The van der Waals surface area contributed by atoms with Crippen LogP contribution in [0, 0.1) is 0 Å². The third-order valence-electron chi connectivity index (χ3n) is 10.8. The summed E-state index contributed by atoms with van der Waals surface area (Å²) in [4.78, 5) is 4.37. The first kappa shape index (κ1) is 31.9. The van der Waals surface area contributed by atoms with Gasteiger partial charge in [0.25, 0.3) is 0 Å². The number of aromatic nitrogens is 1. The number of fused-ring (bicyclic) bond motifs is 3. The Balaban J connectivity index is 1.11. The first-order valence-electron chi connectivity index (χ1n) is 18.6. The predicted molar refractivity (Wildman–Crippen MR) is 226 cm³/mol. The number of rotatable bonds is 6. The normalized spacial score (nSPS) is 15.6. The molecule has 2 unspecified atom stereocenters. The maximum Gasteiger partial charge on any atom is 0.104 e. The smallest absolute Gasteiger partial charge is 0.104 e. The Bertz CT molecular complexity index is 2780. The van der Waals surface area contributed by atoms with Crippen molar-refractivity contribution < 1.29 is 0 Å². The first-order chi connectivity index (χ1) is 26.8. The maximum atomic E-state index is 4.37. The lowest BCUT2D eigenvalue weighted by Gasteiger charge is -2.33. The van der Waals surface area contributed by atoms with Crippen LogP contribution in [0.15, 0.2) is 200 Å². The van der Waals surface area contributed by atoms with Gasteiger partial charge in [0.05, 0.1) is 6.04 Å². The molecule has 8 aromatic carbocycles. The van der Waals surface area contributed by atoms with Crippen LogP contribution in [-0.2, 0) is 0 Å². The maximum absolute atomic E-state index is 4.37. The summed E-state index contributed by atoms with van der Waals surface area (Å²) in [5, 5.41) is 15.4. The highest BCUT2D eigenvalue weighted by Crippen LogP contribution is 2.45. The molecule has 0 saturated heterocycles. The third-order valence-corrected chi connectivity index (χ3v) is 10.8. The van der Waals surface area contributed by atoms with Crippen molar-refractivity contribution in [3.05, 3.63) is 217 Å². The molecular formula is C51H37N3. The number of hydrogen-bond acceptors (Lipinski definition) is 3. The van der Waals surface area contributed by atoms with Crippen molar-refractivity contribution in [1.29, 1.82) is 0 Å². The van der Waals surface area contributed by atoms with E-state index in [9.17, 15) is 0 Å². The van der Waals surface area contributed by atoms with Crippen LogP contribution < -0.4 is 10.6 Å². The van der Waals surface area contributed by atoms with Gasteiger partial charge < -0.3 is 5.32 Å². The zero-order chi connectivity index (χ0) is 35.8. The second-order valence-corrected chi connectivity index (χ2v) is 14.0. The van der Waals surface area contributed by atoms with E-state index in [1.54, 1.807) is 0 Å².